The van der Waals surface area contributed by atoms with Crippen LogP contribution >= 0.6 is 27.3 Å². The molecule has 0 saturated heterocycles. The van der Waals surface area contributed by atoms with Gasteiger partial charge < -0.3 is 5.32 Å². The van der Waals surface area contributed by atoms with Crippen LogP contribution in [-0.2, 0) is 0 Å². The Hall–Kier alpha value is -0.640. The van der Waals surface area contributed by atoms with Crippen LogP contribution in [0.5, 0.6) is 0 Å². The van der Waals surface area contributed by atoms with E-state index >= 15 is 0 Å². The van der Waals surface area contributed by atoms with E-state index in [-0.39, 0.29) is 6.04 Å². The van der Waals surface area contributed by atoms with Crippen LogP contribution in [-0.4, -0.2) is 7.05 Å². The molecule has 0 spiro atoms. The molecule has 0 aliphatic rings. The molecule has 1 unspecified atom stereocenters. The molecule has 0 amide bonds. The van der Waals surface area contributed by atoms with Crippen molar-refractivity contribution >= 4 is 27.3 Å². The third-order valence-corrected chi connectivity index (χ3v) is 4.69. The van der Waals surface area contributed by atoms with Gasteiger partial charge in [-0.25, -0.2) is 0 Å². The molecule has 3 heteroatoms. The van der Waals surface area contributed by atoms with Gasteiger partial charge in [0.1, 0.15) is 0 Å². The average Bonchev–Trinajstić information content (AvgIpc) is 2.69. The summed E-state index contributed by atoms with van der Waals surface area (Å²) in [4.78, 5) is 1.39. The van der Waals surface area contributed by atoms with Gasteiger partial charge in [0.25, 0.3) is 0 Å². The fourth-order valence-electron chi connectivity index (χ4n) is 1.97. The lowest BCUT2D eigenvalue weighted by atomic mass is 10.0. The molecular formula is C14H16BrNS. The summed E-state index contributed by atoms with van der Waals surface area (Å²) in [7, 11) is 2.01. The lowest BCUT2D eigenvalue weighted by Crippen LogP contribution is -2.17. The Bertz CT molecular complexity index is 519. The fraction of sp³-hybridized carbons (Fsp3) is 0.286. The molecule has 0 saturated carbocycles. The van der Waals surface area contributed by atoms with E-state index in [0.29, 0.717) is 0 Å². The van der Waals surface area contributed by atoms with Crippen molar-refractivity contribution in [2.45, 2.75) is 19.9 Å². The van der Waals surface area contributed by atoms with Crippen LogP contribution in [0.25, 0.3) is 0 Å². The van der Waals surface area contributed by atoms with E-state index in [1.165, 1.54) is 26.0 Å². The van der Waals surface area contributed by atoms with Crippen molar-refractivity contribution in [3.05, 3.63) is 55.7 Å². The molecule has 90 valence electrons. The maximum absolute atomic E-state index is 3.66. The lowest BCUT2D eigenvalue weighted by molar-refractivity contribution is 0.697. The Morgan fingerprint density at radius 2 is 2.00 bits per heavy atom. The third kappa shape index (κ3) is 2.62. The van der Waals surface area contributed by atoms with E-state index in [1.807, 2.05) is 7.05 Å². The minimum Gasteiger partial charge on any atom is -0.309 e. The van der Waals surface area contributed by atoms with E-state index in [9.17, 15) is 0 Å². The summed E-state index contributed by atoms with van der Waals surface area (Å²) in [6.45, 7) is 4.28. The number of benzene rings is 1. The Morgan fingerprint density at radius 3 is 2.53 bits per heavy atom. The zero-order valence-corrected chi connectivity index (χ0v) is 12.7. The monoisotopic (exact) mass is 309 g/mol. The maximum Gasteiger partial charge on any atom is 0.0682 e. The Balaban J connectivity index is 2.46. The number of rotatable bonds is 3. The summed E-state index contributed by atoms with van der Waals surface area (Å²) in [6.07, 6.45) is 0. The Kier molecular flexibility index (Phi) is 4.02. The molecule has 0 fully saturated rings. The summed E-state index contributed by atoms with van der Waals surface area (Å²) < 4.78 is 1.17. The van der Waals surface area contributed by atoms with Crippen molar-refractivity contribution in [1.29, 1.82) is 0 Å². The quantitative estimate of drug-likeness (QED) is 0.884. The van der Waals surface area contributed by atoms with Crippen LogP contribution in [0.3, 0.4) is 0 Å². The highest BCUT2D eigenvalue weighted by Crippen LogP contribution is 2.33. The zero-order valence-electron chi connectivity index (χ0n) is 10.3. The Labute approximate surface area is 115 Å². The number of nitrogens with one attached hydrogen (secondary N) is 1. The van der Waals surface area contributed by atoms with Gasteiger partial charge in [0, 0.05) is 9.35 Å². The van der Waals surface area contributed by atoms with Crippen molar-refractivity contribution in [3.63, 3.8) is 0 Å². The van der Waals surface area contributed by atoms with Gasteiger partial charge in [0.05, 0.1) is 6.04 Å². The van der Waals surface area contributed by atoms with E-state index in [2.05, 4.69) is 64.7 Å². The highest BCUT2D eigenvalue weighted by Gasteiger charge is 2.17. The van der Waals surface area contributed by atoms with Crippen molar-refractivity contribution in [3.8, 4) is 0 Å². The number of thiophene rings is 1. The molecular weight excluding hydrogens is 294 g/mol. The number of hydrogen-bond acceptors (Lipinski definition) is 2. The first-order valence-corrected chi connectivity index (χ1v) is 7.28. The first kappa shape index (κ1) is 12.8. The summed E-state index contributed by atoms with van der Waals surface area (Å²) in [6, 6.07) is 8.97. The molecule has 0 aliphatic carbocycles. The Morgan fingerprint density at radius 1 is 1.24 bits per heavy atom. The molecule has 1 heterocycles. The van der Waals surface area contributed by atoms with Crippen LogP contribution in [0.1, 0.15) is 27.6 Å². The topological polar surface area (TPSA) is 12.0 Å². The molecule has 2 rings (SSSR count). The normalized spacial score (nSPS) is 12.7. The van der Waals surface area contributed by atoms with Crippen LogP contribution in [0.2, 0.25) is 0 Å². The zero-order chi connectivity index (χ0) is 12.4. The standard InChI is InChI=1S/C14H16BrNS/c1-9-4-5-11(12(15)8-9)13(16-3)14-10(2)6-7-17-14/h4-8,13,16H,1-3H3. The van der Waals surface area contributed by atoms with Gasteiger partial charge in [-0.3, -0.25) is 0 Å². The van der Waals surface area contributed by atoms with Gasteiger partial charge in [0.15, 0.2) is 0 Å². The fourth-order valence-corrected chi connectivity index (χ4v) is 3.75. The molecule has 1 N–H and O–H groups in total. The second-order valence-electron chi connectivity index (χ2n) is 4.21. The van der Waals surface area contributed by atoms with Gasteiger partial charge in [-0.15, -0.1) is 11.3 Å². The van der Waals surface area contributed by atoms with E-state index in [4.69, 9.17) is 0 Å². The van der Waals surface area contributed by atoms with Crippen molar-refractivity contribution < 1.29 is 0 Å². The molecule has 1 atom stereocenters. The van der Waals surface area contributed by atoms with Crippen LogP contribution in [0, 0.1) is 13.8 Å². The second-order valence-corrected chi connectivity index (χ2v) is 6.02. The van der Waals surface area contributed by atoms with Crippen molar-refractivity contribution in [2.75, 3.05) is 7.05 Å². The van der Waals surface area contributed by atoms with Crippen molar-refractivity contribution in [2.24, 2.45) is 0 Å². The smallest absolute Gasteiger partial charge is 0.0682 e. The number of halogens is 1. The summed E-state index contributed by atoms with van der Waals surface area (Å²) in [5.74, 6) is 0. The molecule has 1 nitrogen and oxygen atoms in total. The minimum atomic E-state index is 0.268. The average molecular weight is 310 g/mol. The summed E-state index contributed by atoms with van der Waals surface area (Å²) >= 11 is 5.47. The van der Waals surface area contributed by atoms with Gasteiger partial charge in [-0.05, 0) is 55.1 Å². The first-order chi connectivity index (χ1) is 8.13. The maximum atomic E-state index is 3.66. The predicted octanol–water partition coefficient (Wildman–Crippen LogP) is 4.44. The number of aryl methyl sites for hydroxylation is 2. The predicted molar refractivity (Wildman–Crippen MR) is 78.8 cm³/mol. The van der Waals surface area contributed by atoms with E-state index < -0.39 is 0 Å². The van der Waals surface area contributed by atoms with Crippen LogP contribution < -0.4 is 5.32 Å². The summed E-state index contributed by atoms with van der Waals surface area (Å²) in [5.41, 5.74) is 3.92. The molecule has 0 aliphatic heterocycles. The third-order valence-electron chi connectivity index (χ3n) is 2.92. The second kappa shape index (κ2) is 5.34. The van der Waals surface area contributed by atoms with Crippen molar-refractivity contribution in [1.82, 2.24) is 5.32 Å². The molecule has 1 aromatic carbocycles. The molecule has 2 aromatic rings. The van der Waals surface area contributed by atoms with Crippen LogP contribution in [0.15, 0.2) is 34.1 Å². The molecule has 0 bridgehead atoms. The van der Waals surface area contributed by atoms with Gasteiger partial charge in [-0.2, -0.15) is 0 Å². The number of hydrogen-bond donors (Lipinski definition) is 1. The lowest BCUT2D eigenvalue weighted by Gasteiger charge is -2.18. The minimum absolute atomic E-state index is 0.268. The highest BCUT2D eigenvalue weighted by atomic mass is 79.9. The molecule has 0 radical (unpaired) electrons. The van der Waals surface area contributed by atoms with E-state index in [1.54, 1.807) is 11.3 Å². The van der Waals surface area contributed by atoms with Gasteiger partial charge in [0.2, 0.25) is 0 Å². The molecule has 17 heavy (non-hydrogen) atoms. The highest BCUT2D eigenvalue weighted by molar-refractivity contribution is 9.10. The molecule has 1 aromatic heterocycles. The summed E-state index contributed by atoms with van der Waals surface area (Å²) in [5, 5.41) is 5.55. The van der Waals surface area contributed by atoms with Gasteiger partial charge in [-0.1, -0.05) is 28.1 Å². The van der Waals surface area contributed by atoms with Gasteiger partial charge >= 0.3 is 0 Å². The largest absolute Gasteiger partial charge is 0.309 e. The van der Waals surface area contributed by atoms with E-state index in [0.717, 1.165) is 0 Å². The van der Waals surface area contributed by atoms with Crippen LogP contribution in [0.4, 0.5) is 0 Å². The SMILES string of the molecule is CNC(c1ccc(C)cc1Br)c1sccc1C. The first-order valence-electron chi connectivity index (χ1n) is 5.60.